The predicted octanol–water partition coefficient (Wildman–Crippen LogP) is 7.08. The van der Waals surface area contributed by atoms with Crippen molar-refractivity contribution in [3.05, 3.63) is 0 Å². The van der Waals surface area contributed by atoms with E-state index >= 15 is 0 Å². The fourth-order valence-electron chi connectivity index (χ4n) is 5.87. The van der Waals surface area contributed by atoms with Crippen molar-refractivity contribution in [1.82, 2.24) is 0 Å². The van der Waals surface area contributed by atoms with Crippen LogP contribution < -0.4 is 0 Å². The van der Waals surface area contributed by atoms with Gasteiger partial charge in [0.1, 0.15) is 0 Å². The van der Waals surface area contributed by atoms with Crippen LogP contribution in [0.4, 0.5) is 0 Å². The van der Waals surface area contributed by atoms with Crippen LogP contribution in [0.25, 0.3) is 0 Å². The lowest BCUT2D eigenvalue weighted by Gasteiger charge is -2.51. The summed E-state index contributed by atoms with van der Waals surface area (Å²) < 4.78 is 0. The van der Waals surface area contributed by atoms with Gasteiger partial charge in [-0.25, -0.2) is 0 Å². The second-order valence-electron chi connectivity index (χ2n) is 11.6. The van der Waals surface area contributed by atoms with Crippen LogP contribution in [0.5, 0.6) is 0 Å². The van der Waals surface area contributed by atoms with Gasteiger partial charge < -0.3 is 5.11 Å². The molecule has 0 aromatic rings. The first kappa shape index (κ1) is 21.3. The molecule has 0 saturated heterocycles. The Kier molecular flexibility index (Phi) is 7.08. The van der Waals surface area contributed by atoms with Gasteiger partial charge in [-0.3, -0.25) is 0 Å². The van der Waals surface area contributed by atoms with E-state index < -0.39 is 0 Å². The summed E-state index contributed by atoms with van der Waals surface area (Å²) in [5, 5.41) is 11.2. The predicted molar refractivity (Wildman–Crippen MR) is 110 cm³/mol. The number of aliphatic hydroxyl groups is 1. The molecule has 0 aliphatic heterocycles. The summed E-state index contributed by atoms with van der Waals surface area (Å²) in [6.07, 6.45) is 12.4. The Morgan fingerprint density at radius 1 is 0.760 bits per heavy atom. The molecule has 2 fully saturated rings. The van der Waals surface area contributed by atoms with E-state index in [1.807, 2.05) is 0 Å². The molecule has 0 spiro atoms. The van der Waals surface area contributed by atoms with E-state index in [0.717, 1.165) is 17.8 Å². The molecule has 0 bridgehead atoms. The largest absolute Gasteiger partial charge is 0.393 e. The third-order valence-corrected chi connectivity index (χ3v) is 7.69. The summed E-state index contributed by atoms with van der Waals surface area (Å²) in [7, 11) is 0. The third-order valence-electron chi connectivity index (χ3n) is 7.69. The highest BCUT2D eigenvalue weighted by Crippen LogP contribution is 2.52. The number of aliphatic hydroxyl groups excluding tert-OH is 1. The molecule has 148 valence electrons. The van der Waals surface area contributed by atoms with Crippen molar-refractivity contribution < 1.29 is 5.11 Å². The SMILES string of the molecule is CCCCC1CCC(C2CC(C(C)(C)C)C(O)C(C(C)(C)C)C2)CC1. The van der Waals surface area contributed by atoms with Gasteiger partial charge in [0.2, 0.25) is 0 Å². The lowest BCUT2D eigenvalue weighted by atomic mass is 9.55. The topological polar surface area (TPSA) is 20.2 Å². The Bertz CT molecular complexity index is 367. The van der Waals surface area contributed by atoms with E-state index in [4.69, 9.17) is 0 Å². The van der Waals surface area contributed by atoms with E-state index in [1.54, 1.807) is 0 Å². The summed E-state index contributed by atoms with van der Waals surface area (Å²) >= 11 is 0. The number of rotatable bonds is 4. The first-order valence-corrected chi connectivity index (χ1v) is 11.2. The van der Waals surface area contributed by atoms with Crippen molar-refractivity contribution in [2.45, 2.75) is 112 Å². The summed E-state index contributed by atoms with van der Waals surface area (Å²) in [5.41, 5.74) is 0.416. The highest BCUT2D eigenvalue weighted by Gasteiger charge is 2.47. The van der Waals surface area contributed by atoms with Gasteiger partial charge in [-0.2, -0.15) is 0 Å². The van der Waals surface area contributed by atoms with Crippen molar-refractivity contribution in [3.8, 4) is 0 Å². The molecule has 2 aliphatic carbocycles. The molecule has 2 atom stereocenters. The third kappa shape index (κ3) is 5.47. The van der Waals surface area contributed by atoms with Crippen molar-refractivity contribution >= 4 is 0 Å². The molecule has 0 amide bonds. The van der Waals surface area contributed by atoms with Gasteiger partial charge in [0.25, 0.3) is 0 Å². The number of unbranched alkanes of at least 4 members (excludes halogenated alkanes) is 1. The van der Waals surface area contributed by atoms with Gasteiger partial charge in [-0.1, -0.05) is 80.6 Å². The minimum atomic E-state index is -0.128. The zero-order valence-corrected chi connectivity index (χ0v) is 18.3. The van der Waals surface area contributed by atoms with Crippen LogP contribution in [0.1, 0.15) is 106 Å². The van der Waals surface area contributed by atoms with Crippen LogP contribution >= 0.6 is 0 Å². The van der Waals surface area contributed by atoms with Crippen LogP contribution in [0.15, 0.2) is 0 Å². The Labute approximate surface area is 158 Å². The summed E-state index contributed by atoms with van der Waals surface area (Å²) in [6, 6.07) is 0. The standard InChI is InChI=1S/C24H46O/c1-8-9-10-17-11-13-18(14-12-17)19-15-20(23(2,3)4)22(25)21(16-19)24(5,6)7/h17-22,25H,8-16H2,1-7H3. The average Bonchev–Trinajstić information content (AvgIpc) is 2.51. The molecule has 2 rings (SSSR count). The summed E-state index contributed by atoms with van der Waals surface area (Å²) in [4.78, 5) is 0. The maximum Gasteiger partial charge on any atom is 0.0606 e. The zero-order chi connectivity index (χ0) is 18.8. The summed E-state index contributed by atoms with van der Waals surface area (Å²) in [6.45, 7) is 16.3. The molecule has 1 nitrogen and oxygen atoms in total. The molecule has 0 aromatic carbocycles. The Morgan fingerprint density at radius 3 is 1.64 bits per heavy atom. The lowest BCUT2D eigenvalue weighted by Crippen LogP contribution is -2.49. The molecule has 25 heavy (non-hydrogen) atoms. The van der Waals surface area contributed by atoms with Gasteiger partial charge in [0.05, 0.1) is 6.10 Å². The minimum Gasteiger partial charge on any atom is -0.393 e. The van der Waals surface area contributed by atoms with Gasteiger partial charge in [-0.05, 0) is 66.1 Å². The first-order chi connectivity index (χ1) is 11.5. The van der Waals surface area contributed by atoms with E-state index in [0.29, 0.717) is 11.8 Å². The molecular formula is C24H46O. The van der Waals surface area contributed by atoms with Crippen LogP contribution in [0.3, 0.4) is 0 Å². The molecule has 0 heterocycles. The fraction of sp³-hybridized carbons (Fsp3) is 1.00. The lowest BCUT2D eigenvalue weighted by molar-refractivity contribution is -0.0948. The molecule has 1 heteroatoms. The van der Waals surface area contributed by atoms with Crippen molar-refractivity contribution in [2.75, 3.05) is 0 Å². The Morgan fingerprint density at radius 2 is 1.24 bits per heavy atom. The number of hydrogen-bond donors (Lipinski definition) is 1. The highest BCUT2D eigenvalue weighted by molar-refractivity contribution is 4.97. The molecule has 2 aliphatic rings. The van der Waals surface area contributed by atoms with Crippen molar-refractivity contribution in [1.29, 1.82) is 0 Å². The number of hydrogen-bond acceptors (Lipinski definition) is 1. The second kappa shape index (κ2) is 8.32. The minimum absolute atomic E-state index is 0.128. The van der Waals surface area contributed by atoms with Gasteiger partial charge in [-0.15, -0.1) is 0 Å². The second-order valence-corrected chi connectivity index (χ2v) is 11.6. The molecular weight excluding hydrogens is 304 g/mol. The van der Waals surface area contributed by atoms with Crippen LogP contribution in [-0.2, 0) is 0 Å². The van der Waals surface area contributed by atoms with Crippen LogP contribution in [0.2, 0.25) is 0 Å². The van der Waals surface area contributed by atoms with E-state index in [2.05, 4.69) is 48.5 Å². The fourth-order valence-corrected chi connectivity index (χ4v) is 5.87. The van der Waals surface area contributed by atoms with Crippen molar-refractivity contribution in [2.24, 2.45) is 40.4 Å². The van der Waals surface area contributed by atoms with Crippen molar-refractivity contribution in [3.63, 3.8) is 0 Å². The maximum absolute atomic E-state index is 11.2. The van der Waals surface area contributed by atoms with Gasteiger partial charge in [0.15, 0.2) is 0 Å². The monoisotopic (exact) mass is 350 g/mol. The quantitative estimate of drug-likeness (QED) is 0.574. The Balaban J connectivity index is 2.05. The van der Waals surface area contributed by atoms with E-state index in [9.17, 15) is 5.11 Å². The highest BCUT2D eigenvalue weighted by atomic mass is 16.3. The first-order valence-electron chi connectivity index (χ1n) is 11.2. The molecule has 0 aromatic heterocycles. The normalized spacial score (nSPS) is 37.9. The van der Waals surface area contributed by atoms with Crippen LogP contribution in [0, 0.1) is 40.4 Å². The van der Waals surface area contributed by atoms with Gasteiger partial charge in [0, 0.05) is 0 Å². The van der Waals surface area contributed by atoms with E-state index in [-0.39, 0.29) is 16.9 Å². The van der Waals surface area contributed by atoms with Gasteiger partial charge >= 0.3 is 0 Å². The van der Waals surface area contributed by atoms with Crippen LogP contribution in [-0.4, -0.2) is 11.2 Å². The maximum atomic E-state index is 11.2. The molecule has 2 unspecified atom stereocenters. The zero-order valence-electron chi connectivity index (χ0n) is 18.3. The smallest absolute Gasteiger partial charge is 0.0606 e. The summed E-state index contributed by atoms with van der Waals surface area (Å²) in [5.74, 6) is 3.66. The Hall–Kier alpha value is -0.0400. The average molecular weight is 351 g/mol. The molecule has 0 radical (unpaired) electrons. The molecule has 1 N–H and O–H groups in total. The van der Waals surface area contributed by atoms with E-state index in [1.165, 1.54) is 57.8 Å². The molecule has 2 saturated carbocycles.